The first-order chi connectivity index (χ1) is 46.6. The van der Waals surface area contributed by atoms with Crippen LogP contribution < -0.4 is 33.2 Å². The Kier molecular flexibility index (Phi) is 15.1. The number of fused-ring (bicyclic) bond motifs is 20. The molecule has 2 N–H and O–H groups in total. The number of ketones is 1. The third-order valence-corrected chi connectivity index (χ3v) is 22.3. The number of hydrogen-bond acceptors (Lipinski definition) is 23. The van der Waals surface area contributed by atoms with Crippen molar-refractivity contribution in [3.8, 4) is 58.1 Å². The van der Waals surface area contributed by atoms with E-state index in [-0.39, 0.29) is 62.2 Å². The van der Waals surface area contributed by atoms with E-state index in [1.807, 2.05) is 32.0 Å². The maximum Gasteiger partial charge on any atom is 0.308 e. The minimum atomic E-state index is -1.09. The summed E-state index contributed by atoms with van der Waals surface area (Å²) in [4.78, 5) is 105. The van der Waals surface area contributed by atoms with Gasteiger partial charge in [-0.15, -0.1) is 0 Å². The first-order valence-electron chi connectivity index (χ1n) is 32.4. The number of nitriles is 2. The summed E-state index contributed by atoms with van der Waals surface area (Å²) in [5.74, 6) is -1.14. The highest BCUT2D eigenvalue weighted by molar-refractivity contribution is 6.22. The number of amides is 4. The Morgan fingerprint density at radius 1 is 0.608 bits per heavy atom. The molecule has 3 fully saturated rings. The molecule has 0 saturated carbocycles. The summed E-state index contributed by atoms with van der Waals surface area (Å²) in [6, 6.07) is 14.9. The van der Waals surface area contributed by atoms with Gasteiger partial charge in [-0.1, -0.05) is 30.3 Å². The van der Waals surface area contributed by atoms with Crippen LogP contribution >= 0.6 is 0 Å². The van der Waals surface area contributed by atoms with Gasteiger partial charge in [0.05, 0.1) is 66.7 Å². The molecular formula is C72H70N8O17. The van der Waals surface area contributed by atoms with E-state index in [0.29, 0.717) is 121 Å². The van der Waals surface area contributed by atoms with Gasteiger partial charge in [0.15, 0.2) is 40.3 Å². The third kappa shape index (κ3) is 9.00. The molecule has 25 nitrogen and oxygen atoms in total. The number of allylic oxidation sites excluding steroid dienone is 1. The van der Waals surface area contributed by atoms with Gasteiger partial charge in [-0.3, -0.25) is 63.0 Å². The van der Waals surface area contributed by atoms with E-state index in [2.05, 4.69) is 26.8 Å². The van der Waals surface area contributed by atoms with Crippen molar-refractivity contribution in [2.75, 3.05) is 55.0 Å². The van der Waals surface area contributed by atoms with Gasteiger partial charge in [0.25, 0.3) is 23.6 Å². The summed E-state index contributed by atoms with van der Waals surface area (Å²) >= 11 is 0. The summed E-state index contributed by atoms with van der Waals surface area (Å²) in [5, 5.41) is 45.4. The molecule has 25 heteroatoms. The predicted molar refractivity (Wildman–Crippen MR) is 339 cm³/mol. The van der Waals surface area contributed by atoms with Crippen molar-refractivity contribution in [2.24, 2.45) is 11.8 Å². The first-order valence-corrected chi connectivity index (χ1v) is 32.4. The van der Waals surface area contributed by atoms with Gasteiger partial charge in [-0.05, 0) is 103 Å². The van der Waals surface area contributed by atoms with Crippen molar-refractivity contribution in [1.29, 1.82) is 10.5 Å². The number of aliphatic hydroxyl groups is 1. The van der Waals surface area contributed by atoms with Crippen LogP contribution in [0.1, 0.15) is 137 Å². The van der Waals surface area contributed by atoms with Crippen molar-refractivity contribution in [1.82, 2.24) is 29.4 Å². The molecule has 1 aliphatic carbocycles. The van der Waals surface area contributed by atoms with E-state index in [0.717, 1.165) is 11.1 Å². The van der Waals surface area contributed by atoms with Crippen molar-refractivity contribution >= 4 is 41.4 Å². The van der Waals surface area contributed by atoms with Gasteiger partial charge in [0.1, 0.15) is 35.4 Å². The molecule has 0 spiro atoms. The number of piperidine rings is 1. The lowest BCUT2D eigenvalue weighted by Gasteiger charge is -2.64. The molecular weight excluding hydrogens is 1250 g/mol. The normalized spacial score (nSPS) is 28.4. The third-order valence-electron chi connectivity index (χ3n) is 22.3. The number of aromatic hydroxyl groups is 1. The maximum absolute atomic E-state index is 13.9. The number of likely N-dealkylation sites (N-methyl/N-ethyl adjacent to an activating group) is 2. The second kappa shape index (κ2) is 23.2. The Balaban J connectivity index is 0.000000159. The van der Waals surface area contributed by atoms with Gasteiger partial charge in [0.2, 0.25) is 13.6 Å². The molecule has 500 valence electrons. The molecule has 4 bridgehead atoms. The number of hydrogen-bond donors (Lipinski definition) is 2. The van der Waals surface area contributed by atoms with Gasteiger partial charge < -0.3 is 48.1 Å². The van der Waals surface area contributed by atoms with Crippen LogP contribution in [0.5, 0.6) is 46.0 Å². The highest BCUT2D eigenvalue weighted by atomic mass is 16.7. The van der Waals surface area contributed by atoms with Gasteiger partial charge >= 0.3 is 11.9 Å². The molecule has 0 radical (unpaired) electrons. The SMILES string of the molecule is COC1=C(C)C(=O)C2C[C@H]3C(C#N)N4C(Cc5c(OC(C)=O)c(C)c6c(c5[C@@H]4CN4C(=O)c5ccccc5C4=O)OCO6)[C@@H](C2C1O)N3C.COc1c(C)cc2c(c1O)[C@@H]1C3Cc4c(OC(C)=O)c(C)c5c(c4[C@H](CN4C(=O)c6ccccc6C4=O)N3C(C#N)[C@H](C2)N1C)OCO5. The van der Waals surface area contributed by atoms with E-state index in [9.17, 15) is 54.3 Å². The number of esters is 2. The molecule has 11 aliphatic rings. The first kappa shape index (κ1) is 63.2. The second-order valence-corrected chi connectivity index (χ2v) is 26.8. The number of aryl methyl sites for hydroxylation is 1. The number of imide groups is 2. The van der Waals surface area contributed by atoms with Crippen molar-refractivity contribution in [3.05, 3.63) is 138 Å². The molecule has 16 rings (SSSR count). The number of rotatable bonds is 8. The Morgan fingerprint density at radius 2 is 1.07 bits per heavy atom. The zero-order valence-electron chi connectivity index (χ0n) is 55.0. The Bertz CT molecular complexity index is 4430. The fourth-order valence-corrected chi connectivity index (χ4v) is 18.5. The average Bonchev–Trinajstić information content (AvgIpc) is 1.44. The number of Topliss-reactive ketones (excluding diaryl/α,β-unsaturated/α-hetero) is 1. The van der Waals surface area contributed by atoms with Gasteiger partial charge in [0, 0.05) is 113 Å². The molecule has 10 heterocycles. The lowest BCUT2D eigenvalue weighted by atomic mass is 9.61. The second-order valence-electron chi connectivity index (χ2n) is 26.8. The number of aliphatic hydroxyl groups excluding tert-OH is 1. The van der Waals surface area contributed by atoms with Crippen LogP contribution in [0.25, 0.3) is 0 Å². The molecule has 5 aromatic rings. The number of carbonyl (C=O) groups excluding carboxylic acids is 7. The van der Waals surface area contributed by atoms with Gasteiger partial charge in [-0.2, -0.15) is 10.5 Å². The zero-order chi connectivity index (χ0) is 68.4. The topological polar surface area (TPSA) is 301 Å². The number of carbonyl (C=O) groups is 7. The van der Waals surface area contributed by atoms with E-state index in [1.54, 1.807) is 69.3 Å². The van der Waals surface area contributed by atoms with Crippen LogP contribution in [0, 0.1) is 55.3 Å². The summed E-state index contributed by atoms with van der Waals surface area (Å²) in [5.41, 5.74) is 7.67. The van der Waals surface area contributed by atoms with E-state index in [4.69, 9.17) is 37.9 Å². The summed E-state index contributed by atoms with van der Waals surface area (Å²) < 4.78 is 47.0. The Morgan fingerprint density at radius 3 is 1.54 bits per heavy atom. The number of phenols is 1. The van der Waals surface area contributed by atoms with Crippen LogP contribution in [-0.2, 0) is 38.4 Å². The molecule has 0 aromatic heterocycles. The smallest absolute Gasteiger partial charge is 0.308 e. The fraction of sp³-hybridized carbons (Fsp3) is 0.431. The lowest BCUT2D eigenvalue weighted by molar-refractivity contribution is -0.162. The molecule has 4 amide bonds. The Labute approximate surface area is 557 Å². The molecule has 5 aromatic carbocycles. The monoisotopic (exact) mass is 1320 g/mol. The Hall–Kier alpha value is -9.89. The number of methoxy groups -OCH3 is 2. The molecule has 7 unspecified atom stereocenters. The minimum Gasteiger partial charge on any atom is -0.504 e. The number of phenolic OH excluding ortho intramolecular Hbond substituents is 1. The van der Waals surface area contributed by atoms with Crippen LogP contribution in [0.3, 0.4) is 0 Å². The predicted octanol–water partition coefficient (Wildman–Crippen LogP) is 6.03. The highest BCUT2D eigenvalue weighted by Crippen LogP contribution is 2.61. The largest absolute Gasteiger partial charge is 0.504 e. The van der Waals surface area contributed by atoms with Crippen molar-refractivity contribution in [3.63, 3.8) is 0 Å². The number of benzene rings is 5. The van der Waals surface area contributed by atoms with E-state index < -0.39 is 108 Å². The van der Waals surface area contributed by atoms with E-state index >= 15 is 0 Å². The molecule has 10 aliphatic heterocycles. The number of ether oxygens (including phenoxy) is 8. The van der Waals surface area contributed by atoms with Crippen molar-refractivity contribution in [2.45, 2.75) is 134 Å². The maximum atomic E-state index is 13.9. The average molecular weight is 1320 g/mol. The fourth-order valence-electron chi connectivity index (χ4n) is 18.5. The molecule has 13 atom stereocenters. The van der Waals surface area contributed by atoms with Crippen LogP contribution in [0.4, 0.5) is 0 Å². The standard InChI is InChI=1S/C36H36N4O9.C36H34N4O8/c1-15-29(42)20-10-22-24(12-37)40-23(28(38(22)4)27(20)30(43)32(15)46-5)11-21-26(34-33(47-14-48-34)16(2)31(21)49-17(3)41)25(40)13-39-35(44)18-8-6-7-9-19(18)36(39)45;1-16-10-19-11-23-25(13-37)40-24(29(38(23)4)27(19)30(42)31(16)45-5)12-22-28(34-33(46-15-47-34)17(2)32(22)48-18(3)41)26(40)14-39-35(43)20-8-6-7-9-21(20)36(39)44/h6-9,20,22-25,27-28,30,43H,10-11,13-14H2,1-5H3;6-10,23-26,29,42H,11-12,14-15H2,1-5H3/t20?,22-,23?,24?,25-,27?,28-,30?;23-,24?,25?,26-,29-/m00/s1. The summed E-state index contributed by atoms with van der Waals surface area (Å²) in [6.07, 6.45) is 0.273. The van der Waals surface area contributed by atoms with Crippen LogP contribution in [0.2, 0.25) is 0 Å². The summed E-state index contributed by atoms with van der Waals surface area (Å²) in [6.45, 7) is 9.38. The van der Waals surface area contributed by atoms with Gasteiger partial charge in [-0.25, -0.2) is 0 Å². The summed E-state index contributed by atoms with van der Waals surface area (Å²) in [7, 11) is 6.83. The minimum absolute atomic E-state index is 0.0444. The zero-order valence-corrected chi connectivity index (χ0v) is 55.0. The van der Waals surface area contributed by atoms with Crippen LogP contribution in [0.15, 0.2) is 65.9 Å². The van der Waals surface area contributed by atoms with Crippen LogP contribution in [-0.4, -0.2) is 184 Å². The lowest BCUT2D eigenvalue weighted by Crippen LogP contribution is -2.76. The molecule has 3 saturated heterocycles. The number of piperazine rings is 2. The highest BCUT2D eigenvalue weighted by Gasteiger charge is 2.64. The quantitative estimate of drug-likeness (QED) is 0.102. The van der Waals surface area contributed by atoms with E-state index in [1.165, 1.54) is 37.9 Å². The molecule has 97 heavy (non-hydrogen) atoms. The van der Waals surface area contributed by atoms with Crippen molar-refractivity contribution < 1.29 is 81.7 Å². The number of nitrogens with zero attached hydrogens (tertiary/aromatic N) is 8.